The van der Waals surface area contributed by atoms with Crippen LogP contribution in [0.15, 0.2) is 4.52 Å². The fourth-order valence-electron chi connectivity index (χ4n) is 2.29. The standard InChI is InChI=1S/C10H13N3O2.ClH/c11-10(14)9-7-6(15-13-9)3-4-12-8(7)5-1-2-5;/h5,8,12H,1-4H2,(H2,11,14);1H. The Bertz CT molecular complexity index is 414. The molecule has 6 heteroatoms. The highest BCUT2D eigenvalue weighted by molar-refractivity contribution is 5.92. The number of halogens is 1. The van der Waals surface area contributed by atoms with Gasteiger partial charge in [-0.25, -0.2) is 0 Å². The van der Waals surface area contributed by atoms with Crippen molar-refractivity contribution < 1.29 is 9.32 Å². The number of rotatable bonds is 2. The average molecular weight is 244 g/mol. The maximum absolute atomic E-state index is 11.2. The van der Waals surface area contributed by atoms with Crippen LogP contribution in [0.1, 0.15) is 40.7 Å². The summed E-state index contributed by atoms with van der Waals surface area (Å²) in [6.45, 7) is 0.890. The molecule has 0 aromatic carbocycles. The lowest BCUT2D eigenvalue weighted by atomic mass is 9.95. The molecule has 0 bridgehead atoms. The van der Waals surface area contributed by atoms with E-state index in [-0.39, 0.29) is 18.4 Å². The highest BCUT2D eigenvalue weighted by atomic mass is 35.5. The Labute approximate surface area is 99.1 Å². The van der Waals surface area contributed by atoms with Crippen molar-refractivity contribution in [3.63, 3.8) is 0 Å². The van der Waals surface area contributed by atoms with E-state index in [0.29, 0.717) is 11.6 Å². The van der Waals surface area contributed by atoms with Gasteiger partial charge in [-0.3, -0.25) is 4.79 Å². The van der Waals surface area contributed by atoms with E-state index in [4.69, 9.17) is 10.3 Å². The Morgan fingerprint density at radius 2 is 2.25 bits per heavy atom. The summed E-state index contributed by atoms with van der Waals surface area (Å²) in [5.41, 5.74) is 6.50. The van der Waals surface area contributed by atoms with Gasteiger partial charge in [-0.15, -0.1) is 12.4 Å². The topological polar surface area (TPSA) is 81.2 Å². The van der Waals surface area contributed by atoms with Crippen LogP contribution in [0.4, 0.5) is 0 Å². The second-order valence-electron chi connectivity index (χ2n) is 4.25. The molecular formula is C10H14ClN3O2. The fraction of sp³-hybridized carbons (Fsp3) is 0.600. The molecule has 3 N–H and O–H groups in total. The van der Waals surface area contributed by atoms with Gasteiger partial charge in [0.05, 0.1) is 0 Å². The molecule has 0 radical (unpaired) electrons. The maximum Gasteiger partial charge on any atom is 0.271 e. The normalized spacial score (nSPS) is 23.4. The van der Waals surface area contributed by atoms with E-state index in [1.54, 1.807) is 0 Å². The van der Waals surface area contributed by atoms with Gasteiger partial charge in [0.1, 0.15) is 5.76 Å². The van der Waals surface area contributed by atoms with Crippen LogP contribution in [0.5, 0.6) is 0 Å². The summed E-state index contributed by atoms with van der Waals surface area (Å²) >= 11 is 0. The van der Waals surface area contributed by atoms with Crippen LogP contribution in [0, 0.1) is 5.92 Å². The highest BCUT2D eigenvalue weighted by Crippen LogP contribution is 2.44. The highest BCUT2D eigenvalue weighted by Gasteiger charge is 2.39. The van der Waals surface area contributed by atoms with Crippen molar-refractivity contribution in [2.24, 2.45) is 11.7 Å². The summed E-state index contributed by atoms with van der Waals surface area (Å²) in [6, 6.07) is 0.225. The molecular weight excluding hydrogens is 230 g/mol. The van der Waals surface area contributed by atoms with Crippen molar-refractivity contribution in [1.82, 2.24) is 10.5 Å². The molecule has 1 aromatic rings. The third kappa shape index (κ3) is 1.70. The van der Waals surface area contributed by atoms with Crippen molar-refractivity contribution in [1.29, 1.82) is 0 Å². The molecule has 1 aliphatic heterocycles. The van der Waals surface area contributed by atoms with Crippen molar-refractivity contribution in [3.8, 4) is 0 Å². The van der Waals surface area contributed by atoms with E-state index in [2.05, 4.69) is 10.5 Å². The zero-order valence-electron chi connectivity index (χ0n) is 8.73. The van der Waals surface area contributed by atoms with Crippen molar-refractivity contribution >= 4 is 18.3 Å². The van der Waals surface area contributed by atoms with E-state index < -0.39 is 5.91 Å². The molecule has 3 rings (SSSR count). The van der Waals surface area contributed by atoms with E-state index >= 15 is 0 Å². The number of nitrogens with two attached hydrogens (primary N) is 1. The molecule has 0 saturated heterocycles. The van der Waals surface area contributed by atoms with Crippen LogP contribution in [0.25, 0.3) is 0 Å². The third-order valence-corrected chi connectivity index (χ3v) is 3.16. The Morgan fingerprint density at radius 1 is 1.50 bits per heavy atom. The Hall–Kier alpha value is -1.07. The number of nitrogens with zero attached hydrogens (tertiary/aromatic N) is 1. The van der Waals surface area contributed by atoms with E-state index in [1.165, 1.54) is 12.8 Å². The van der Waals surface area contributed by atoms with Crippen LogP contribution >= 0.6 is 12.4 Å². The van der Waals surface area contributed by atoms with Crippen LogP contribution in [-0.2, 0) is 6.42 Å². The summed E-state index contributed by atoms with van der Waals surface area (Å²) < 4.78 is 5.17. The van der Waals surface area contributed by atoms with E-state index in [0.717, 1.165) is 24.3 Å². The summed E-state index contributed by atoms with van der Waals surface area (Å²) in [4.78, 5) is 11.2. The number of carbonyl (C=O) groups is 1. The molecule has 1 aliphatic carbocycles. The SMILES string of the molecule is Cl.NC(=O)c1noc2c1C(C1CC1)NCC2. The van der Waals surface area contributed by atoms with Crippen molar-refractivity contribution in [2.45, 2.75) is 25.3 Å². The lowest BCUT2D eigenvalue weighted by Gasteiger charge is -2.22. The Kier molecular flexibility index (Phi) is 2.90. The van der Waals surface area contributed by atoms with Gasteiger partial charge in [0.15, 0.2) is 5.69 Å². The largest absolute Gasteiger partial charge is 0.364 e. The molecule has 88 valence electrons. The summed E-state index contributed by atoms with van der Waals surface area (Å²) in [6.07, 6.45) is 3.21. The minimum Gasteiger partial charge on any atom is -0.364 e. The molecule has 1 amide bonds. The monoisotopic (exact) mass is 243 g/mol. The van der Waals surface area contributed by atoms with Gasteiger partial charge >= 0.3 is 0 Å². The van der Waals surface area contributed by atoms with Gasteiger partial charge in [-0.1, -0.05) is 5.16 Å². The molecule has 2 aliphatic rings. The van der Waals surface area contributed by atoms with E-state index in [1.807, 2.05) is 0 Å². The first kappa shape index (κ1) is 11.4. The van der Waals surface area contributed by atoms with Gasteiger partial charge < -0.3 is 15.6 Å². The summed E-state index contributed by atoms with van der Waals surface area (Å²) in [5.74, 6) is 0.968. The predicted octanol–water partition coefficient (Wildman–Crippen LogP) is 0.792. The van der Waals surface area contributed by atoms with Crippen molar-refractivity contribution in [2.75, 3.05) is 6.54 Å². The molecule has 1 unspecified atom stereocenters. The second-order valence-corrected chi connectivity index (χ2v) is 4.25. The number of fused-ring (bicyclic) bond motifs is 1. The predicted molar refractivity (Wildman–Crippen MR) is 59.4 cm³/mol. The lowest BCUT2D eigenvalue weighted by molar-refractivity contribution is 0.0990. The first-order valence-corrected chi connectivity index (χ1v) is 5.29. The second kappa shape index (κ2) is 4.07. The molecule has 5 nitrogen and oxygen atoms in total. The smallest absolute Gasteiger partial charge is 0.271 e. The lowest BCUT2D eigenvalue weighted by Crippen LogP contribution is -2.32. The van der Waals surface area contributed by atoms with Crippen molar-refractivity contribution in [3.05, 3.63) is 17.0 Å². The Balaban J connectivity index is 0.000000963. The number of nitrogens with one attached hydrogen (secondary N) is 1. The summed E-state index contributed by atoms with van der Waals surface area (Å²) in [5, 5.41) is 7.18. The summed E-state index contributed by atoms with van der Waals surface area (Å²) in [7, 11) is 0. The molecule has 1 fully saturated rings. The molecule has 0 spiro atoms. The quantitative estimate of drug-likeness (QED) is 0.805. The van der Waals surface area contributed by atoms with Crippen LogP contribution in [0.2, 0.25) is 0 Å². The first-order chi connectivity index (χ1) is 7.27. The maximum atomic E-state index is 11.2. The molecule has 16 heavy (non-hydrogen) atoms. The average Bonchev–Trinajstić information content (AvgIpc) is 2.96. The minimum absolute atomic E-state index is 0. The van der Waals surface area contributed by atoms with Gasteiger partial charge in [0.2, 0.25) is 0 Å². The number of carbonyl (C=O) groups excluding carboxylic acids is 1. The Morgan fingerprint density at radius 3 is 2.88 bits per heavy atom. The number of aromatic nitrogens is 1. The third-order valence-electron chi connectivity index (χ3n) is 3.16. The first-order valence-electron chi connectivity index (χ1n) is 5.29. The molecule has 1 aromatic heterocycles. The molecule has 1 atom stereocenters. The zero-order chi connectivity index (χ0) is 10.4. The van der Waals surface area contributed by atoms with Gasteiger partial charge in [-0.2, -0.15) is 0 Å². The fourth-order valence-corrected chi connectivity index (χ4v) is 2.29. The van der Waals surface area contributed by atoms with Crippen LogP contribution in [-0.4, -0.2) is 17.6 Å². The van der Waals surface area contributed by atoms with Crippen LogP contribution < -0.4 is 11.1 Å². The van der Waals surface area contributed by atoms with E-state index in [9.17, 15) is 4.79 Å². The van der Waals surface area contributed by atoms with Crippen LogP contribution in [0.3, 0.4) is 0 Å². The van der Waals surface area contributed by atoms with Gasteiger partial charge in [0.25, 0.3) is 5.91 Å². The minimum atomic E-state index is -0.491. The van der Waals surface area contributed by atoms with Gasteiger partial charge in [0, 0.05) is 24.6 Å². The molecule has 2 heterocycles. The number of primary amides is 1. The zero-order valence-corrected chi connectivity index (χ0v) is 9.55. The number of hydrogen-bond donors (Lipinski definition) is 2. The molecule has 1 saturated carbocycles. The van der Waals surface area contributed by atoms with Gasteiger partial charge in [-0.05, 0) is 18.8 Å². The number of hydrogen-bond acceptors (Lipinski definition) is 4. The number of amides is 1.